The summed E-state index contributed by atoms with van der Waals surface area (Å²) in [5.74, 6) is 0. The number of hydrogen-bond donors (Lipinski definition) is 0. The van der Waals surface area contributed by atoms with Crippen molar-refractivity contribution in [2.45, 2.75) is 86.3 Å². The second-order valence-electron chi connectivity index (χ2n) is 13.0. The second-order valence-corrected chi connectivity index (χ2v) is 27.9. The van der Waals surface area contributed by atoms with E-state index in [1.54, 1.807) is 33.4 Å². The predicted molar refractivity (Wildman–Crippen MR) is 150 cm³/mol. The topological polar surface area (TPSA) is 0 Å². The molecule has 2 atom stereocenters. The van der Waals surface area contributed by atoms with Gasteiger partial charge in [0.25, 0.3) is 0 Å². The Balaban J connectivity index is 1.74. The molecule has 0 aromatic heterocycles. The Morgan fingerprint density at radius 2 is 0.909 bits per heavy atom. The zero-order valence-electron chi connectivity index (χ0n) is 22.5. The van der Waals surface area contributed by atoms with Crippen molar-refractivity contribution in [1.82, 2.24) is 0 Å². The molecule has 33 heavy (non-hydrogen) atoms. The molecule has 0 saturated heterocycles. The molecule has 3 heteroatoms. The fraction of sp³-hybridized carbons (Fsp3) is 0.467. The number of aryl methyl sites for hydroxylation is 4. The summed E-state index contributed by atoms with van der Waals surface area (Å²) in [5.41, 5.74) is 15.7. The molecule has 2 aromatic rings. The summed E-state index contributed by atoms with van der Waals surface area (Å²) >= 11 is -0.761. The molecule has 4 rings (SSSR count). The van der Waals surface area contributed by atoms with Crippen molar-refractivity contribution in [2.24, 2.45) is 0 Å². The molecule has 0 saturated carbocycles. The van der Waals surface area contributed by atoms with E-state index in [0.29, 0.717) is 7.25 Å². The Labute approximate surface area is 216 Å². The standard InChI is InChI=1S/2C15H21Si.Zr/c2*1-11-8-13-6-7-14(10-16(3,4)5)15(13)9-12(11)2;/h2*6-9H,10H2,1-5H3;. The van der Waals surface area contributed by atoms with Gasteiger partial charge in [0.05, 0.1) is 0 Å². The van der Waals surface area contributed by atoms with Crippen LogP contribution in [-0.2, 0) is 23.2 Å². The Morgan fingerprint density at radius 3 is 1.24 bits per heavy atom. The third kappa shape index (κ3) is 5.57. The molecule has 0 fully saturated rings. The Kier molecular flexibility index (Phi) is 6.93. The molecule has 2 unspecified atom stereocenters. The van der Waals surface area contributed by atoms with E-state index < -0.39 is 39.4 Å². The van der Waals surface area contributed by atoms with Crippen molar-refractivity contribution in [1.29, 1.82) is 0 Å². The van der Waals surface area contributed by atoms with Crippen molar-refractivity contribution < 1.29 is 23.2 Å². The molecule has 0 amide bonds. The van der Waals surface area contributed by atoms with Gasteiger partial charge in [-0.1, -0.05) is 0 Å². The number of allylic oxidation sites excluding steroid dienone is 4. The first-order valence-electron chi connectivity index (χ1n) is 12.6. The first kappa shape index (κ1) is 25.3. The summed E-state index contributed by atoms with van der Waals surface area (Å²) in [5, 5.41) is 0. The third-order valence-electron chi connectivity index (χ3n) is 7.23. The van der Waals surface area contributed by atoms with Crippen LogP contribution in [0.1, 0.15) is 51.8 Å². The quantitative estimate of drug-likeness (QED) is 0.315. The molecule has 174 valence electrons. The average Bonchev–Trinajstić information content (AvgIpc) is 3.12. The third-order valence-corrected chi connectivity index (χ3v) is 14.2. The van der Waals surface area contributed by atoms with Gasteiger partial charge in [-0.25, -0.2) is 0 Å². The van der Waals surface area contributed by atoms with E-state index in [2.05, 4.69) is 103 Å². The van der Waals surface area contributed by atoms with E-state index in [0.717, 1.165) is 0 Å². The van der Waals surface area contributed by atoms with E-state index in [4.69, 9.17) is 0 Å². The molecule has 0 bridgehead atoms. The van der Waals surface area contributed by atoms with E-state index in [1.165, 1.54) is 34.3 Å². The summed E-state index contributed by atoms with van der Waals surface area (Å²) in [7, 11) is -2.32. The Morgan fingerprint density at radius 1 is 0.576 bits per heavy atom. The Bertz CT molecular complexity index is 1060. The maximum absolute atomic E-state index is 2.74. The maximum atomic E-state index is 2.74. The van der Waals surface area contributed by atoms with E-state index in [1.807, 2.05) is 0 Å². The van der Waals surface area contributed by atoms with Crippen LogP contribution in [0.5, 0.6) is 0 Å². The minimum atomic E-state index is -1.16. The van der Waals surface area contributed by atoms with Crippen molar-refractivity contribution in [3.63, 3.8) is 0 Å². The van der Waals surface area contributed by atoms with Crippen molar-refractivity contribution >= 4 is 27.3 Å². The molecule has 2 aliphatic carbocycles. The molecule has 0 N–H and O–H groups in total. The zero-order chi connectivity index (χ0) is 24.3. The van der Waals surface area contributed by atoms with Gasteiger partial charge >= 0.3 is 218 Å². The van der Waals surface area contributed by atoms with Crippen LogP contribution in [0.2, 0.25) is 51.4 Å². The number of fused-ring (bicyclic) bond motifs is 2. The summed E-state index contributed by atoms with van der Waals surface area (Å²) < 4.78 is 1.41. The summed E-state index contributed by atoms with van der Waals surface area (Å²) in [6.07, 6.45) is 5.47. The van der Waals surface area contributed by atoms with Gasteiger partial charge in [-0.3, -0.25) is 0 Å². The van der Waals surface area contributed by atoms with Crippen molar-refractivity contribution in [2.75, 3.05) is 0 Å². The molecule has 0 nitrogen and oxygen atoms in total. The van der Waals surface area contributed by atoms with E-state index in [9.17, 15) is 0 Å². The van der Waals surface area contributed by atoms with Crippen molar-refractivity contribution in [3.8, 4) is 0 Å². The SMILES string of the molecule is Cc1cc2c(cc1C)[CH]([Zr][CH]1C=C(C[Si](C)(C)C)c3cc(C)c(C)cc31)C=C2C[Si](C)(C)C. The van der Waals surface area contributed by atoms with Gasteiger partial charge in [-0.05, 0) is 0 Å². The van der Waals surface area contributed by atoms with E-state index in [-0.39, 0.29) is 0 Å². The van der Waals surface area contributed by atoms with Crippen LogP contribution in [0.3, 0.4) is 0 Å². The first-order valence-corrected chi connectivity index (χ1v) is 22.9. The first-order chi connectivity index (χ1) is 15.2. The molecule has 0 spiro atoms. The monoisotopic (exact) mass is 548 g/mol. The number of benzene rings is 2. The van der Waals surface area contributed by atoms with Gasteiger partial charge in [0.1, 0.15) is 0 Å². The van der Waals surface area contributed by atoms with Crippen LogP contribution < -0.4 is 0 Å². The molecule has 0 heterocycles. The van der Waals surface area contributed by atoms with Gasteiger partial charge in [0.2, 0.25) is 0 Å². The van der Waals surface area contributed by atoms with Crippen LogP contribution in [0.25, 0.3) is 11.1 Å². The summed E-state index contributed by atoms with van der Waals surface area (Å²) in [6.45, 7) is 24.3. The molecule has 2 aromatic carbocycles. The van der Waals surface area contributed by atoms with Crippen LogP contribution in [0.4, 0.5) is 0 Å². The fourth-order valence-corrected chi connectivity index (χ4v) is 12.8. The van der Waals surface area contributed by atoms with Crippen LogP contribution in [0.15, 0.2) is 36.4 Å². The predicted octanol–water partition coefficient (Wildman–Crippen LogP) is 9.26. The van der Waals surface area contributed by atoms with Crippen molar-refractivity contribution in [3.05, 3.63) is 80.9 Å². The average molecular weight is 550 g/mol. The summed E-state index contributed by atoms with van der Waals surface area (Å²) in [4.78, 5) is 0. The normalized spacial score (nSPS) is 19.8. The number of rotatable bonds is 6. The zero-order valence-corrected chi connectivity index (χ0v) is 27.0. The fourth-order valence-electron chi connectivity index (χ4n) is 5.43. The van der Waals surface area contributed by atoms with Gasteiger partial charge in [-0.15, -0.1) is 0 Å². The van der Waals surface area contributed by atoms with Crippen LogP contribution in [0, 0.1) is 27.7 Å². The van der Waals surface area contributed by atoms with Gasteiger partial charge in [0, 0.05) is 0 Å². The van der Waals surface area contributed by atoms with E-state index >= 15 is 0 Å². The van der Waals surface area contributed by atoms with Crippen LogP contribution >= 0.6 is 0 Å². The summed E-state index contributed by atoms with van der Waals surface area (Å²) in [6, 6.07) is 12.8. The molecule has 0 aliphatic heterocycles. The van der Waals surface area contributed by atoms with Gasteiger partial charge < -0.3 is 0 Å². The molecular weight excluding hydrogens is 508 g/mol. The second kappa shape index (κ2) is 9.03. The molecule has 2 aliphatic rings. The Hall–Kier alpha value is -0.763. The van der Waals surface area contributed by atoms with Gasteiger partial charge in [-0.2, -0.15) is 0 Å². The minimum absolute atomic E-state index is 0.705. The molecule has 0 radical (unpaired) electrons. The number of hydrogen-bond acceptors (Lipinski definition) is 0. The van der Waals surface area contributed by atoms with Crippen LogP contribution in [-0.4, -0.2) is 16.1 Å². The van der Waals surface area contributed by atoms with Gasteiger partial charge in [0.15, 0.2) is 0 Å². The molecular formula is C30H42Si2Zr.